The summed E-state index contributed by atoms with van der Waals surface area (Å²) in [4.78, 5) is 41.5. The highest BCUT2D eigenvalue weighted by Crippen LogP contribution is 2.49. The summed E-state index contributed by atoms with van der Waals surface area (Å²) in [6, 6.07) is 5.46. The first-order valence-electron chi connectivity index (χ1n) is 9.55. The number of rotatable bonds is 1. The van der Waals surface area contributed by atoms with Gasteiger partial charge in [-0.15, -0.1) is 11.8 Å². The molecular formula is C20H23N3O5S. The van der Waals surface area contributed by atoms with Gasteiger partial charge in [0.25, 0.3) is 0 Å². The van der Waals surface area contributed by atoms with E-state index in [4.69, 9.17) is 4.74 Å². The normalized spacial score (nSPS) is 18.6. The third-order valence-electron chi connectivity index (χ3n) is 5.13. The Hall–Kier alpha value is -2.55. The van der Waals surface area contributed by atoms with E-state index >= 15 is 0 Å². The van der Waals surface area contributed by atoms with E-state index in [-0.39, 0.29) is 16.6 Å². The number of thioether (sulfide) groups is 1. The maximum atomic E-state index is 12.9. The van der Waals surface area contributed by atoms with E-state index in [2.05, 4.69) is 14.7 Å². The minimum atomic E-state index is -0.630. The number of likely N-dealkylation sites (tertiary alicyclic amines) is 1. The van der Waals surface area contributed by atoms with E-state index in [1.807, 2.05) is 32.9 Å². The fourth-order valence-corrected chi connectivity index (χ4v) is 5.17. The molecule has 1 spiro atoms. The van der Waals surface area contributed by atoms with E-state index in [1.165, 1.54) is 0 Å². The summed E-state index contributed by atoms with van der Waals surface area (Å²) in [5.41, 5.74) is 0.753. The highest BCUT2D eigenvalue weighted by atomic mass is 32.2. The van der Waals surface area contributed by atoms with Crippen LogP contribution in [0.15, 0.2) is 32.4 Å². The zero-order chi connectivity index (χ0) is 20.8. The van der Waals surface area contributed by atoms with Crippen molar-refractivity contribution in [2.45, 2.75) is 55.3 Å². The zero-order valence-corrected chi connectivity index (χ0v) is 17.4. The van der Waals surface area contributed by atoms with Crippen molar-refractivity contribution in [3.63, 3.8) is 0 Å². The topological polar surface area (TPSA) is 106 Å². The average molecular weight is 417 g/mol. The summed E-state index contributed by atoms with van der Waals surface area (Å²) in [6.07, 6.45) is 1.60. The number of ketones is 1. The van der Waals surface area contributed by atoms with Crippen molar-refractivity contribution in [3.05, 3.63) is 34.3 Å². The van der Waals surface area contributed by atoms with Crippen LogP contribution in [0.25, 0.3) is 11.4 Å². The van der Waals surface area contributed by atoms with Crippen LogP contribution in [-0.4, -0.2) is 50.4 Å². The first-order chi connectivity index (χ1) is 13.6. The molecule has 0 atom stereocenters. The van der Waals surface area contributed by atoms with Crippen LogP contribution in [0.4, 0.5) is 4.79 Å². The van der Waals surface area contributed by atoms with Gasteiger partial charge >= 0.3 is 11.8 Å². The van der Waals surface area contributed by atoms with Crippen molar-refractivity contribution in [2.24, 2.45) is 0 Å². The molecule has 2 aliphatic heterocycles. The van der Waals surface area contributed by atoms with Gasteiger partial charge in [-0.05, 0) is 51.8 Å². The van der Waals surface area contributed by atoms with E-state index in [0.717, 1.165) is 17.7 Å². The Morgan fingerprint density at radius 1 is 1.28 bits per heavy atom. The van der Waals surface area contributed by atoms with Gasteiger partial charge < -0.3 is 9.64 Å². The first kappa shape index (κ1) is 19.8. The van der Waals surface area contributed by atoms with Crippen LogP contribution in [0.2, 0.25) is 0 Å². The van der Waals surface area contributed by atoms with Crippen LogP contribution in [-0.2, 0) is 4.74 Å². The Balaban J connectivity index is 1.49. The number of piperidine rings is 1. The second kappa shape index (κ2) is 7.05. The lowest BCUT2D eigenvalue weighted by molar-refractivity contribution is 0.0196. The number of amides is 1. The number of carbonyl (C=O) groups is 2. The van der Waals surface area contributed by atoms with Crippen molar-refractivity contribution < 1.29 is 18.8 Å². The van der Waals surface area contributed by atoms with Crippen LogP contribution in [0, 0.1) is 0 Å². The summed E-state index contributed by atoms with van der Waals surface area (Å²) in [5.74, 6) is -0.257. The number of hydrogen-bond donors (Lipinski definition) is 1. The largest absolute Gasteiger partial charge is 0.444 e. The number of nitrogens with zero attached hydrogens (tertiary/aromatic N) is 2. The molecule has 3 heterocycles. The third kappa shape index (κ3) is 4.10. The number of Topliss-reactive ketones (excluding diaryl/α,β-unsaturated/α-hetero) is 1. The molecule has 0 bridgehead atoms. The number of nitrogens with one attached hydrogen (secondary N) is 1. The molecule has 1 fully saturated rings. The van der Waals surface area contributed by atoms with Gasteiger partial charge in [-0.3, -0.25) is 14.3 Å². The number of H-pyrrole nitrogens is 1. The Bertz CT molecular complexity index is 1010. The molecule has 0 radical (unpaired) electrons. The van der Waals surface area contributed by atoms with Crippen molar-refractivity contribution in [1.29, 1.82) is 0 Å². The van der Waals surface area contributed by atoms with Crippen molar-refractivity contribution in [1.82, 2.24) is 15.0 Å². The number of ether oxygens (including phenoxy) is 1. The van der Waals surface area contributed by atoms with E-state index < -0.39 is 11.4 Å². The monoisotopic (exact) mass is 417 g/mol. The number of benzene rings is 1. The molecule has 0 aliphatic carbocycles. The van der Waals surface area contributed by atoms with Gasteiger partial charge in [-0.2, -0.15) is 0 Å². The van der Waals surface area contributed by atoms with Crippen molar-refractivity contribution in [3.8, 4) is 11.4 Å². The molecule has 9 heteroatoms. The predicted molar refractivity (Wildman–Crippen MR) is 107 cm³/mol. The Morgan fingerprint density at radius 3 is 2.62 bits per heavy atom. The van der Waals surface area contributed by atoms with Crippen molar-refractivity contribution >= 4 is 23.6 Å². The number of fused-ring (bicyclic) bond motifs is 1. The van der Waals surface area contributed by atoms with Crippen LogP contribution < -0.4 is 5.76 Å². The summed E-state index contributed by atoms with van der Waals surface area (Å²) in [6.45, 7) is 6.70. The van der Waals surface area contributed by atoms with Gasteiger partial charge in [0.15, 0.2) is 11.6 Å². The molecule has 0 saturated carbocycles. The number of carbonyl (C=O) groups excluding carboxylic acids is 2. The minimum Gasteiger partial charge on any atom is -0.444 e. The molecule has 8 nitrogen and oxygen atoms in total. The van der Waals surface area contributed by atoms with Crippen molar-refractivity contribution in [2.75, 3.05) is 13.1 Å². The van der Waals surface area contributed by atoms with Crippen LogP contribution >= 0.6 is 11.8 Å². The highest BCUT2D eigenvalue weighted by Gasteiger charge is 2.43. The molecule has 0 unspecified atom stereocenters. The number of aromatic amines is 1. The standard InChI is InChI=1S/C20H23N3O5S/c1-19(2,3)27-18(26)23-8-6-20(7-9-23)11-14(24)13-10-12(4-5-15(13)29-20)16-21-17(25)28-22-16/h4-5,10H,6-9,11H2,1-3H3,(H,21,22,25). The number of aromatic nitrogens is 2. The molecule has 2 aromatic rings. The molecule has 2 aliphatic rings. The number of hydrogen-bond acceptors (Lipinski definition) is 7. The molecule has 1 aromatic carbocycles. The van der Waals surface area contributed by atoms with Gasteiger partial charge in [0, 0.05) is 40.3 Å². The Morgan fingerprint density at radius 2 is 2.00 bits per heavy atom. The summed E-state index contributed by atoms with van der Waals surface area (Å²) >= 11 is 1.70. The second-order valence-electron chi connectivity index (χ2n) is 8.51. The lowest BCUT2D eigenvalue weighted by atomic mass is 9.88. The zero-order valence-electron chi connectivity index (χ0n) is 16.6. The molecule has 1 aromatic heterocycles. The van der Waals surface area contributed by atoms with Crippen LogP contribution in [0.5, 0.6) is 0 Å². The smallest absolute Gasteiger partial charge is 0.439 e. The second-order valence-corrected chi connectivity index (χ2v) is 10.0. The molecule has 1 amide bonds. The fourth-order valence-electron chi connectivity index (χ4n) is 3.70. The van der Waals surface area contributed by atoms with Gasteiger partial charge in [0.1, 0.15) is 5.60 Å². The van der Waals surface area contributed by atoms with E-state index in [1.54, 1.807) is 22.7 Å². The molecule has 154 valence electrons. The van der Waals surface area contributed by atoms with Gasteiger partial charge in [0.2, 0.25) is 0 Å². The quantitative estimate of drug-likeness (QED) is 0.757. The molecule has 1 N–H and O–H groups in total. The molecular weight excluding hydrogens is 394 g/mol. The SMILES string of the molecule is CC(C)(C)OC(=O)N1CCC2(CC1)CC(=O)c1cc(-c3noc(=O)[nH]3)ccc1S2. The highest BCUT2D eigenvalue weighted by molar-refractivity contribution is 8.01. The molecule has 4 rings (SSSR count). The Labute approximate surface area is 172 Å². The maximum Gasteiger partial charge on any atom is 0.439 e. The lowest BCUT2D eigenvalue weighted by Gasteiger charge is -2.43. The van der Waals surface area contributed by atoms with Gasteiger partial charge in [-0.1, -0.05) is 5.16 Å². The Kier molecular flexibility index (Phi) is 4.80. The summed E-state index contributed by atoms with van der Waals surface area (Å²) in [5, 5.41) is 3.68. The minimum absolute atomic E-state index is 0.0668. The van der Waals surface area contributed by atoms with Gasteiger partial charge in [-0.25, -0.2) is 9.59 Å². The predicted octanol–water partition coefficient (Wildman–Crippen LogP) is 3.48. The van der Waals surface area contributed by atoms with Gasteiger partial charge in [0.05, 0.1) is 0 Å². The van der Waals surface area contributed by atoms with E-state index in [0.29, 0.717) is 36.5 Å². The van der Waals surface area contributed by atoms with E-state index in [9.17, 15) is 14.4 Å². The lowest BCUT2D eigenvalue weighted by Crippen LogP contribution is -2.48. The van der Waals surface area contributed by atoms with Crippen LogP contribution in [0.3, 0.4) is 0 Å². The molecule has 29 heavy (non-hydrogen) atoms. The summed E-state index contributed by atoms with van der Waals surface area (Å²) < 4.78 is 9.81. The average Bonchev–Trinajstić information content (AvgIpc) is 3.07. The maximum absolute atomic E-state index is 12.9. The summed E-state index contributed by atoms with van der Waals surface area (Å²) in [7, 11) is 0. The van der Waals surface area contributed by atoms with Crippen LogP contribution in [0.1, 0.15) is 50.4 Å². The molecule has 1 saturated heterocycles. The third-order valence-corrected chi connectivity index (χ3v) is 6.69. The fraction of sp³-hybridized carbons (Fsp3) is 0.500. The first-order valence-corrected chi connectivity index (χ1v) is 10.4.